The summed E-state index contributed by atoms with van der Waals surface area (Å²) in [7, 11) is 0. The highest BCUT2D eigenvalue weighted by atomic mass is 19.1. The summed E-state index contributed by atoms with van der Waals surface area (Å²) in [6.07, 6.45) is 0.870. The van der Waals surface area contributed by atoms with E-state index in [0.717, 1.165) is 0 Å². The van der Waals surface area contributed by atoms with Gasteiger partial charge in [0.05, 0.1) is 10.9 Å². The first-order valence-electron chi connectivity index (χ1n) is 8.09. The van der Waals surface area contributed by atoms with Crippen molar-refractivity contribution in [2.45, 2.75) is 26.2 Å². The SMILES string of the molecule is Cc1nc2c3c(F)cccc3[nH]n2c(=O)c1CCC(=O)NCCCO. The highest BCUT2D eigenvalue weighted by Gasteiger charge is 2.16. The highest BCUT2D eigenvalue weighted by molar-refractivity contribution is 5.92. The van der Waals surface area contributed by atoms with Gasteiger partial charge in [0.25, 0.3) is 5.56 Å². The summed E-state index contributed by atoms with van der Waals surface area (Å²) in [4.78, 5) is 28.9. The Bertz CT molecular complexity index is 993. The van der Waals surface area contributed by atoms with E-state index in [9.17, 15) is 14.0 Å². The van der Waals surface area contributed by atoms with Gasteiger partial charge in [0.2, 0.25) is 5.91 Å². The molecule has 0 bridgehead atoms. The van der Waals surface area contributed by atoms with Crippen LogP contribution in [-0.2, 0) is 11.2 Å². The number of rotatable bonds is 6. The van der Waals surface area contributed by atoms with Crippen LogP contribution >= 0.6 is 0 Å². The lowest BCUT2D eigenvalue weighted by atomic mass is 10.1. The number of nitrogens with zero attached hydrogens (tertiary/aromatic N) is 2. The second-order valence-electron chi connectivity index (χ2n) is 5.84. The fourth-order valence-corrected chi connectivity index (χ4v) is 2.82. The van der Waals surface area contributed by atoms with E-state index in [1.54, 1.807) is 19.1 Å². The van der Waals surface area contributed by atoms with Gasteiger partial charge in [-0.05, 0) is 31.9 Å². The molecular weight excluding hydrogens is 327 g/mol. The monoisotopic (exact) mass is 346 g/mol. The number of carbonyl (C=O) groups excluding carboxylic acids is 1. The largest absolute Gasteiger partial charge is 0.396 e. The quantitative estimate of drug-likeness (QED) is 0.581. The minimum atomic E-state index is -0.446. The van der Waals surface area contributed by atoms with Gasteiger partial charge in [-0.25, -0.2) is 13.9 Å². The minimum absolute atomic E-state index is 0.0122. The van der Waals surface area contributed by atoms with Crippen LogP contribution in [-0.4, -0.2) is 38.8 Å². The molecule has 0 saturated carbocycles. The zero-order valence-corrected chi connectivity index (χ0v) is 13.8. The summed E-state index contributed by atoms with van der Waals surface area (Å²) in [5, 5.41) is 14.5. The second kappa shape index (κ2) is 7.02. The number of aromatic amines is 1. The van der Waals surface area contributed by atoms with Gasteiger partial charge in [0.1, 0.15) is 5.82 Å². The molecule has 0 aliphatic carbocycles. The van der Waals surface area contributed by atoms with Crippen molar-refractivity contribution in [2.24, 2.45) is 0 Å². The van der Waals surface area contributed by atoms with Crippen molar-refractivity contribution in [3.05, 3.63) is 45.6 Å². The minimum Gasteiger partial charge on any atom is -0.396 e. The Morgan fingerprint density at radius 3 is 3.00 bits per heavy atom. The summed E-state index contributed by atoms with van der Waals surface area (Å²) in [6, 6.07) is 4.56. The number of nitrogens with one attached hydrogen (secondary N) is 2. The van der Waals surface area contributed by atoms with Gasteiger partial charge in [0.15, 0.2) is 5.65 Å². The van der Waals surface area contributed by atoms with Crippen molar-refractivity contribution in [1.82, 2.24) is 19.9 Å². The van der Waals surface area contributed by atoms with Crippen molar-refractivity contribution >= 4 is 22.5 Å². The van der Waals surface area contributed by atoms with Crippen LogP contribution in [0.2, 0.25) is 0 Å². The van der Waals surface area contributed by atoms with Gasteiger partial charge in [0, 0.05) is 30.8 Å². The van der Waals surface area contributed by atoms with Crippen LogP contribution in [0, 0.1) is 12.7 Å². The Morgan fingerprint density at radius 2 is 2.24 bits per heavy atom. The zero-order chi connectivity index (χ0) is 18.0. The lowest BCUT2D eigenvalue weighted by molar-refractivity contribution is -0.121. The average molecular weight is 346 g/mol. The zero-order valence-electron chi connectivity index (χ0n) is 13.8. The Balaban J connectivity index is 1.92. The van der Waals surface area contributed by atoms with Crippen LogP contribution in [0.25, 0.3) is 16.6 Å². The summed E-state index contributed by atoms with van der Waals surface area (Å²) >= 11 is 0. The first-order valence-corrected chi connectivity index (χ1v) is 8.09. The van der Waals surface area contributed by atoms with Gasteiger partial charge in [-0.15, -0.1) is 0 Å². The molecule has 3 N–H and O–H groups in total. The summed E-state index contributed by atoms with van der Waals surface area (Å²) in [6.45, 7) is 2.09. The van der Waals surface area contributed by atoms with E-state index < -0.39 is 5.82 Å². The second-order valence-corrected chi connectivity index (χ2v) is 5.84. The Morgan fingerprint density at radius 1 is 1.44 bits per heavy atom. The number of amides is 1. The molecule has 0 unspecified atom stereocenters. The lowest BCUT2D eigenvalue weighted by Gasteiger charge is -2.06. The maximum absolute atomic E-state index is 14.1. The molecule has 0 aliphatic heterocycles. The van der Waals surface area contributed by atoms with Crippen LogP contribution < -0.4 is 10.9 Å². The van der Waals surface area contributed by atoms with Crippen molar-refractivity contribution in [3.8, 4) is 0 Å². The average Bonchev–Trinajstić information content (AvgIpc) is 2.95. The van der Waals surface area contributed by atoms with Gasteiger partial charge >= 0.3 is 0 Å². The predicted molar refractivity (Wildman–Crippen MR) is 91.0 cm³/mol. The van der Waals surface area contributed by atoms with Crippen molar-refractivity contribution < 1.29 is 14.3 Å². The number of halogens is 1. The Labute approximate surface area is 142 Å². The van der Waals surface area contributed by atoms with Crippen molar-refractivity contribution in [3.63, 3.8) is 0 Å². The van der Waals surface area contributed by atoms with E-state index in [2.05, 4.69) is 15.4 Å². The number of carbonyl (C=O) groups is 1. The normalized spacial score (nSPS) is 11.3. The molecule has 0 atom stereocenters. The third kappa shape index (κ3) is 3.25. The number of benzene rings is 1. The van der Waals surface area contributed by atoms with Gasteiger partial charge in [-0.2, -0.15) is 0 Å². The molecular formula is C17H19FN4O3. The van der Waals surface area contributed by atoms with Crippen molar-refractivity contribution in [1.29, 1.82) is 0 Å². The number of hydrogen-bond donors (Lipinski definition) is 3. The number of aliphatic hydroxyl groups excluding tert-OH is 1. The molecule has 2 heterocycles. The number of aliphatic hydroxyl groups is 1. The number of aromatic nitrogens is 3. The third-order valence-corrected chi connectivity index (χ3v) is 4.11. The molecule has 132 valence electrons. The molecule has 0 saturated heterocycles. The topological polar surface area (TPSA) is 99.5 Å². The predicted octanol–water partition coefficient (Wildman–Crippen LogP) is 1.05. The molecule has 7 nitrogen and oxygen atoms in total. The highest BCUT2D eigenvalue weighted by Crippen LogP contribution is 2.21. The Hall–Kier alpha value is -2.74. The molecule has 1 aromatic carbocycles. The van der Waals surface area contributed by atoms with E-state index in [-0.39, 0.29) is 41.9 Å². The van der Waals surface area contributed by atoms with Gasteiger partial charge in [-0.3, -0.25) is 14.7 Å². The molecule has 8 heteroatoms. The summed E-state index contributed by atoms with van der Waals surface area (Å²) in [5.74, 6) is -0.640. The van der Waals surface area contributed by atoms with Crippen molar-refractivity contribution in [2.75, 3.05) is 13.2 Å². The van der Waals surface area contributed by atoms with E-state index >= 15 is 0 Å². The molecule has 2 aromatic heterocycles. The van der Waals surface area contributed by atoms with E-state index in [1.807, 2.05) is 0 Å². The van der Waals surface area contributed by atoms with E-state index in [1.165, 1.54) is 10.6 Å². The molecule has 0 aliphatic rings. The molecule has 25 heavy (non-hydrogen) atoms. The van der Waals surface area contributed by atoms with Crippen LogP contribution in [0.5, 0.6) is 0 Å². The maximum atomic E-state index is 14.1. The number of aryl methyl sites for hydroxylation is 1. The maximum Gasteiger partial charge on any atom is 0.276 e. The van der Waals surface area contributed by atoms with E-state index in [4.69, 9.17) is 5.11 Å². The lowest BCUT2D eigenvalue weighted by Crippen LogP contribution is -2.27. The number of H-pyrrole nitrogens is 1. The van der Waals surface area contributed by atoms with Crippen LogP contribution in [0.4, 0.5) is 4.39 Å². The van der Waals surface area contributed by atoms with Crippen LogP contribution in [0.15, 0.2) is 23.0 Å². The smallest absolute Gasteiger partial charge is 0.276 e. The molecule has 0 spiro atoms. The molecule has 0 radical (unpaired) electrons. The number of hydrogen-bond acceptors (Lipinski definition) is 4. The standard InChI is InChI=1S/C17H19FN4O3/c1-10-11(6-7-14(24)19-8-3-9-23)17(25)22-16(20-10)15-12(18)4-2-5-13(15)21-22/h2,4-5,21,23H,3,6-9H2,1H3,(H,19,24). The third-order valence-electron chi connectivity index (χ3n) is 4.11. The fourth-order valence-electron chi connectivity index (χ4n) is 2.82. The van der Waals surface area contributed by atoms with Crippen LogP contribution in [0.1, 0.15) is 24.1 Å². The van der Waals surface area contributed by atoms with Crippen LogP contribution in [0.3, 0.4) is 0 Å². The molecule has 3 aromatic rings. The van der Waals surface area contributed by atoms with Gasteiger partial charge < -0.3 is 10.4 Å². The Kier molecular flexibility index (Phi) is 4.80. The van der Waals surface area contributed by atoms with E-state index in [0.29, 0.717) is 29.7 Å². The summed E-state index contributed by atoms with van der Waals surface area (Å²) in [5.41, 5.74) is 1.30. The number of fused-ring (bicyclic) bond motifs is 3. The molecule has 1 amide bonds. The molecule has 3 rings (SSSR count). The van der Waals surface area contributed by atoms with Gasteiger partial charge in [-0.1, -0.05) is 6.07 Å². The first kappa shape index (κ1) is 17.1. The fraction of sp³-hybridized carbons (Fsp3) is 0.353. The molecule has 0 fully saturated rings. The summed E-state index contributed by atoms with van der Waals surface area (Å²) < 4.78 is 15.3. The first-order chi connectivity index (χ1) is 12.0.